The molecule has 2 fully saturated rings. The van der Waals surface area contributed by atoms with Gasteiger partial charge in [0.2, 0.25) is 0 Å². The highest BCUT2D eigenvalue weighted by Gasteiger charge is 2.55. The Kier molecular flexibility index (Phi) is 10.4. The first-order chi connectivity index (χ1) is 13.5. The van der Waals surface area contributed by atoms with Gasteiger partial charge in [-0.05, 0) is 84.8 Å². The van der Waals surface area contributed by atoms with E-state index in [0.29, 0.717) is 23.5 Å². The average molecular weight is 411 g/mol. The number of fused-ring (bicyclic) bond motifs is 5. The third kappa shape index (κ3) is 4.55. The van der Waals surface area contributed by atoms with Crippen molar-refractivity contribution >= 4 is 12.6 Å². The molecule has 3 aliphatic rings. The van der Waals surface area contributed by atoms with E-state index in [0.717, 1.165) is 37.7 Å². The van der Waals surface area contributed by atoms with E-state index in [-0.39, 0.29) is 24.0 Å². The number of phenolic OH excluding ortho intramolecular Hbond substituents is 1. The minimum absolute atomic E-state index is 0.0651. The number of aromatic hydroxyl groups is 1. The van der Waals surface area contributed by atoms with Gasteiger partial charge in [0.05, 0.1) is 6.10 Å². The summed E-state index contributed by atoms with van der Waals surface area (Å²) in [6, 6.07) is 5.70. The van der Waals surface area contributed by atoms with Gasteiger partial charge in [-0.25, -0.2) is 0 Å². The van der Waals surface area contributed by atoms with Crippen molar-refractivity contribution in [3.63, 3.8) is 0 Å². The summed E-state index contributed by atoms with van der Waals surface area (Å²) in [6.45, 7) is 10.4. The molecule has 0 heterocycles. The summed E-state index contributed by atoms with van der Waals surface area (Å²) in [5.41, 5.74) is 2.54. The molecule has 28 heavy (non-hydrogen) atoms. The third-order valence-corrected chi connectivity index (χ3v) is 7.07. The van der Waals surface area contributed by atoms with Gasteiger partial charge >= 0.3 is 0 Å². The zero-order valence-electron chi connectivity index (χ0n) is 18.7. The molecular formula is C24H42O3S. The van der Waals surface area contributed by atoms with Gasteiger partial charge in [0.15, 0.2) is 0 Å². The highest BCUT2D eigenvalue weighted by atomic mass is 32.1. The summed E-state index contributed by atoms with van der Waals surface area (Å²) >= 11 is 3.53. The quantitative estimate of drug-likeness (QED) is 0.446. The number of rotatable bonds is 1. The van der Waals surface area contributed by atoms with E-state index >= 15 is 0 Å². The second kappa shape index (κ2) is 11.5. The molecule has 3 nitrogen and oxygen atoms in total. The molecule has 1 aromatic rings. The van der Waals surface area contributed by atoms with Crippen molar-refractivity contribution in [3.8, 4) is 5.75 Å². The number of aliphatic hydroxyl groups excluding tert-OH is 2. The van der Waals surface area contributed by atoms with Crippen LogP contribution in [0.5, 0.6) is 5.75 Å². The van der Waals surface area contributed by atoms with E-state index in [1.165, 1.54) is 5.56 Å². The Labute approximate surface area is 178 Å². The van der Waals surface area contributed by atoms with E-state index in [9.17, 15) is 15.3 Å². The molecule has 0 aromatic heterocycles. The van der Waals surface area contributed by atoms with Gasteiger partial charge in [-0.2, -0.15) is 12.6 Å². The Balaban J connectivity index is 0.000000599. The fraction of sp³-hybridized carbons (Fsp3) is 0.750. The average Bonchev–Trinajstić information content (AvgIpc) is 3.06. The summed E-state index contributed by atoms with van der Waals surface area (Å²) in [6.07, 6.45) is 6.77. The maximum absolute atomic E-state index is 10.4. The zero-order valence-corrected chi connectivity index (χ0v) is 19.5. The Hall–Kier alpha value is -0.710. The summed E-state index contributed by atoms with van der Waals surface area (Å²) in [5.74, 6) is 2.08. The lowest BCUT2D eigenvalue weighted by Gasteiger charge is -2.51. The molecule has 0 radical (unpaired) electrons. The molecule has 6 atom stereocenters. The highest BCUT2D eigenvalue weighted by Crippen LogP contribution is 2.62. The molecule has 5 unspecified atom stereocenters. The lowest BCUT2D eigenvalue weighted by Crippen LogP contribution is -2.44. The van der Waals surface area contributed by atoms with Crippen LogP contribution in [0.1, 0.15) is 89.7 Å². The molecule has 1 aromatic carbocycles. The van der Waals surface area contributed by atoms with Gasteiger partial charge in [-0.1, -0.05) is 40.7 Å². The first kappa shape index (κ1) is 25.3. The molecule has 0 bridgehead atoms. The predicted octanol–water partition coefficient (Wildman–Crippen LogP) is 5.74. The van der Waals surface area contributed by atoms with Crippen molar-refractivity contribution < 1.29 is 15.3 Å². The SMILES string of the molecule is CC.CC.CC12CCC3c4ccc(O)cc4C(CO)CC3C1CC[C@@H]2O.CS. The van der Waals surface area contributed by atoms with Crippen LogP contribution in [0, 0.1) is 17.3 Å². The molecule has 0 saturated heterocycles. The van der Waals surface area contributed by atoms with Crippen LogP contribution in [0.3, 0.4) is 0 Å². The number of aliphatic hydroxyl groups is 2. The number of benzene rings is 1. The normalized spacial score (nSPS) is 34.7. The number of hydrogen-bond acceptors (Lipinski definition) is 4. The maximum Gasteiger partial charge on any atom is 0.115 e. The van der Waals surface area contributed by atoms with E-state index in [4.69, 9.17) is 0 Å². The van der Waals surface area contributed by atoms with Crippen LogP contribution in [0.4, 0.5) is 0 Å². The monoisotopic (exact) mass is 410 g/mol. The Morgan fingerprint density at radius 2 is 1.68 bits per heavy atom. The van der Waals surface area contributed by atoms with Crippen LogP contribution in [-0.2, 0) is 0 Å². The minimum atomic E-state index is -0.160. The lowest BCUT2D eigenvalue weighted by molar-refractivity contribution is -0.0265. The van der Waals surface area contributed by atoms with Gasteiger partial charge in [0, 0.05) is 12.5 Å². The fourth-order valence-corrected chi connectivity index (χ4v) is 5.86. The van der Waals surface area contributed by atoms with Crippen LogP contribution < -0.4 is 0 Å². The van der Waals surface area contributed by atoms with E-state index < -0.39 is 0 Å². The number of hydrogen-bond donors (Lipinski definition) is 4. The molecule has 4 rings (SSSR count). The predicted molar refractivity (Wildman–Crippen MR) is 122 cm³/mol. The van der Waals surface area contributed by atoms with Gasteiger partial charge in [-0.3, -0.25) is 0 Å². The maximum atomic E-state index is 10.4. The number of thiol groups is 1. The summed E-state index contributed by atoms with van der Waals surface area (Å²) in [7, 11) is 0. The molecule has 0 amide bonds. The highest BCUT2D eigenvalue weighted by molar-refractivity contribution is 7.79. The topological polar surface area (TPSA) is 60.7 Å². The van der Waals surface area contributed by atoms with Crippen molar-refractivity contribution in [3.05, 3.63) is 29.3 Å². The molecule has 3 aliphatic carbocycles. The van der Waals surface area contributed by atoms with Crippen LogP contribution in [0.25, 0.3) is 0 Å². The zero-order chi connectivity index (χ0) is 21.5. The van der Waals surface area contributed by atoms with Crippen molar-refractivity contribution in [2.24, 2.45) is 17.3 Å². The van der Waals surface area contributed by atoms with Crippen LogP contribution in [0.2, 0.25) is 0 Å². The van der Waals surface area contributed by atoms with Crippen LogP contribution in [0.15, 0.2) is 18.2 Å². The second-order valence-electron chi connectivity index (χ2n) is 7.94. The summed E-state index contributed by atoms with van der Waals surface area (Å²) in [4.78, 5) is 0. The van der Waals surface area contributed by atoms with E-state index in [2.05, 4.69) is 25.6 Å². The second-order valence-corrected chi connectivity index (χ2v) is 7.94. The molecule has 162 valence electrons. The largest absolute Gasteiger partial charge is 0.508 e. The standard InChI is InChI=1S/C19H26O3.2C2H6.CH4S/c1-19-7-6-14-13-3-2-12(21)9-15(13)11(10-20)8-16(14)17(19)4-5-18(19)22;3*1-2/h2-3,9,11,14,16-18,20-22H,4-8,10H2,1H3;2*1-2H3;2H,1H3/t11?,14?,16?,17?,18-,19?;;;/m0.../s1. The summed E-state index contributed by atoms with van der Waals surface area (Å²) < 4.78 is 0. The molecule has 4 heteroatoms. The van der Waals surface area contributed by atoms with E-state index in [1.54, 1.807) is 12.3 Å². The van der Waals surface area contributed by atoms with Crippen molar-refractivity contribution in [2.75, 3.05) is 12.9 Å². The van der Waals surface area contributed by atoms with Gasteiger partial charge in [-0.15, -0.1) is 0 Å². The summed E-state index contributed by atoms with van der Waals surface area (Å²) in [5, 5.41) is 30.1. The minimum Gasteiger partial charge on any atom is -0.508 e. The molecule has 0 spiro atoms. The Morgan fingerprint density at radius 3 is 2.29 bits per heavy atom. The first-order valence-corrected chi connectivity index (χ1v) is 12.0. The fourth-order valence-electron chi connectivity index (χ4n) is 5.86. The molecule has 0 aliphatic heterocycles. The smallest absolute Gasteiger partial charge is 0.115 e. The van der Waals surface area contributed by atoms with Crippen molar-refractivity contribution in [1.29, 1.82) is 0 Å². The van der Waals surface area contributed by atoms with Gasteiger partial charge < -0.3 is 15.3 Å². The number of phenols is 1. The molecule has 3 N–H and O–H groups in total. The Bertz CT molecular complexity index is 591. The van der Waals surface area contributed by atoms with Crippen molar-refractivity contribution in [1.82, 2.24) is 0 Å². The van der Waals surface area contributed by atoms with Crippen LogP contribution >= 0.6 is 12.6 Å². The van der Waals surface area contributed by atoms with Crippen LogP contribution in [-0.4, -0.2) is 34.3 Å². The molecular weight excluding hydrogens is 368 g/mol. The van der Waals surface area contributed by atoms with Gasteiger partial charge in [0.25, 0.3) is 0 Å². The van der Waals surface area contributed by atoms with E-state index in [1.807, 2.05) is 33.8 Å². The first-order valence-electron chi connectivity index (χ1n) is 11.1. The lowest BCUT2D eigenvalue weighted by atomic mass is 9.54. The van der Waals surface area contributed by atoms with Crippen molar-refractivity contribution in [2.45, 2.75) is 84.7 Å². The van der Waals surface area contributed by atoms with Gasteiger partial charge in [0.1, 0.15) is 5.75 Å². The molecule has 2 saturated carbocycles. The Morgan fingerprint density at radius 1 is 1.04 bits per heavy atom. The third-order valence-electron chi connectivity index (χ3n) is 7.07.